The van der Waals surface area contributed by atoms with Crippen molar-refractivity contribution in [3.63, 3.8) is 0 Å². The van der Waals surface area contributed by atoms with Gasteiger partial charge in [-0.05, 0) is 138 Å². The predicted octanol–water partition coefficient (Wildman–Crippen LogP) is 10.7. The topological polar surface area (TPSA) is 56.5 Å². The highest BCUT2D eigenvalue weighted by Gasteiger charge is 2.25. The van der Waals surface area contributed by atoms with E-state index in [0.29, 0.717) is 25.4 Å². The number of hydrogen-bond donors (Lipinski definition) is 2. The lowest BCUT2D eigenvalue weighted by Crippen LogP contribution is -2.33. The molecule has 0 radical (unpaired) electrons. The van der Waals surface area contributed by atoms with Gasteiger partial charge in [-0.1, -0.05) is 139 Å². The summed E-state index contributed by atoms with van der Waals surface area (Å²) < 4.78 is 0. The number of nitrogens with two attached hydrogens (primary N) is 1. The highest BCUT2D eigenvalue weighted by molar-refractivity contribution is 5.87. The van der Waals surface area contributed by atoms with E-state index >= 15 is 0 Å². The fourth-order valence-electron chi connectivity index (χ4n) is 9.06. The van der Waals surface area contributed by atoms with Crippen LogP contribution >= 0.6 is 0 Å². The maximum Gasteiger partial charge on any atom is 0.133 e. The van der Waals surface area contributed by atoms with Gasteiger partial charge in [-0.25, -0.2) is 9.78 Å². The number of hydrogen-bond acceptors (Lipinski definition) is 4. The van der Waals surface area contributed by atoms with E-state index in [9.17, 15) is 0 Å². The highest BCUT2D eigenvalue weighted by Crippen LogP contribution is 2.41. The summed E-state index contributed by atoms with van der Waals surface area (Å²) >= 11 is 0. The van der Waals surface area contributed by atoms with Gasteiger partial charge in [0.25, 0.3) is 0 Å². The number of allylic oxidation sites excluding steroid dienone is 2. The van der Waals surface area contributed by atoms with Crippen molar-refractivity contribution in [1.29, 1.82) is 0 Å². The van der Waals surface area contributed by atoms with Crippen molar-refractivity contribution in [3.05, 3.63) is 189 Å². The molecule has 3 N–H and O–H groups in total. The predicted molar refractivity (Wildman–Crippen MR) is 222 cm³/mol. The maximum atomic E-state index is 6.12. The lowest BCUT2D eigenvalue weighted by molar-refractivity contribution is -0.309. The van der Waals surface area contributed by atoms with Gasteiger partial charge in [0.2, 0.25) is 0 Å². The Labute approximate surface area is 322 Å². The second-order valence-corrected chi connectivity index (χ2v) is 15.4. The first-order valence-corrected chi connectivity index (χ1v) is 20.3. The molecule has 0 spiro atoms. The Morgan fingerprint density at radius 1 is 0.444 bits per heavy atom. The number of nitrogens with one attached hydrogen (secondary N) is 1. The third-order valence-corrected chi connectivity index (χ3v) is 12.0. The van der Waals surface area contributed by atoms with Crippen LogP contribution < -0.4 is 11.1 Å². The van der Waals surface area contributed by atoms with Crippen LogP contribution in [0.5, 0.6) is 0 Å². The molecule has 0 amide bonds. The van der Waals surface area contributed by atoms with E-state index < -0.39 is 0 Å². The van der Waals surface area contributed by atoms with Gasteiger partial charge in [0, 0.05) is 12.1 Å². The summed E-state index contributed by atoms with van der Waals surface area (Å²) in [5.74, 6) is 0. The van der Waals surface area contributed by atoms with Gasteiger partial charge >= 0.3 is 0 Å². The third kappa shape index (κ3) is 8.53. The lowest BCUT2D eigenvalue weighted by atomic mass is 9.82. The second kappa shape index (κ2) is 17.7. The van der Waals surface area contributed by atoms with Gasteiger partial charge in [0.15, 0.2) is 0 Å². The van der Waals surface area contributed by atoms with Crippen LogP contribution in [0.25, 0.3) is 11.1 Å². The van der Waals surface area contributed by atoms with Gasteiger partial charge in [-0.3, -0.25) is 5.32 Å². The molecule has 0 aromatic heterocycles. The molecule has 0 bridgehead atoms. The summed E-state index contributed by atoms with van der Waals surface area (Å²) in [5.41, 5.74) is 25.2. The van der Waals surface area contributed by atoms with E-state index in [0.717, 1.165) is 82.6 Å². The Bertz CT molecular complexity index is 1980. The fourth-order valence-corrected chi connectivity index (χ4v) is 9.06. The van der Waals surface area contributed by atoms with Crippen molar-refractivity contribution in [2.24, 2.45) is 5.73 Å². The average Bonchev–Trinajstić information content (AvgIpc) is 3.50. The molecular formula is C50H54N2O2. The van der Waals surface area contributed by atoms with Gasteiger partial charge < -0.3 is 5.73 Å². The van der Waals surface area contributed by atoms with E-state index in [1.165, 1.54) is 55.7 Å². The zero-order valence-electron chi connectivity index (χ0n) is 31.6. The quantitative estimate of drug-likeness (QED) is 0.0796. The van der Waals surface area contributed by atoms with Gasteiger partial charge in [0.05, 0.1) is 0 Å². The summed E-state index contributed by atoms with van der Waals surface area (Å²) in [5, 5.41) is 3.51. The van der Waals surface area contributed by atoms with Crippen LogP contribution in [0.15, 0.2) is 139 Å². The van der Waals surface area contributed by atoms with E-state index in [-0.39, 0.29) is 0 Å². The third-order valence-electron chi connectivity index (χ3n) is 12.0. The number of rotatable bonds is 6. The summed E-state index contributed by atoms with van der Waals surface area (Å²) in [6, 6.07) is 46.9. The average molecular weight is 715 g/mol. The summed E-state index contributed by atoms with van der Waals surface area (Å²) in [4.78, 5) is 10.7. The molecule has 54 heavy (non-hydrogen) atoms. The molecule has 5 aromatic rings. The summed E-state index contributed by atoms with van der Waals surface area (Å²) in [6.45, 7) is 0.900. The molecule has 0 unspecified atom stereocenters. The van der Waals surface area contributed by atoms with Crippen molar-refractivity contribution in [2.75, 3.05) is 6.73 Å². The van der Waals surface area contributed by atoms with E-state index in [4.69, 9.17) is 15.5 Å². The maximum absolute atomic E-state index is 6.12. The molecule has 276 valence electrons. The highest BCUT2D eigenvalue weighted by atomic mass is 17.2. The first-order chi connectivity index (χ1) is 26.7. The minimum Gasteiger partial charge on any atom is -0.328 e. The Kier molecular flexibility index (Phi) is 11.9. The standard InChI is InChI=1S/C29H31NO2.C21H23N/c1-2-8-22(9-3-1)20-31-32-21-30-26-18-16-25(17-19-26)29-27-12-6-4-10-23(27)14-15-24-11-5-7-13-28(24)29;22-18-13-11-17(12-14-18)21-19-7-3-1-5-15(19)9-10-16-6-2-4-8-20(16)21/h1-13,26,30H,14-21H2;1-8,18H,9-14,22H2. The van der Waals surface area contributed by atoms with Crippen LogP contribution in [0.1, 0.15) is 101 Å². The fraction of sp³-hybridized carbons (Fsp3) is 0.320. The number of benzene rings is 5. The Hall–Kier alpha value is -4.58. The van der Waals surface area contributed by atoms with Crippen molar-refractivity contribution < 1.29 is 9.78 Å². The van der Waals surface area contributed by atoms with Crippen LogP contribution in [-0.2, 0) is 42.1 Å². The zero-order valence-corrected chi connectivity index (χ0v) is 31.6. The minimum atomic E-state index is 0.389. The Morgan fingerprint density at radius 3 is 1.28 bits per heavy atom. The second-order valence-electron chi connectivity index (χ2n) is 15.4. The zero-order chi connectivity index (χ0) is 36.5. The molecule has 2 fully saturated rings. The normalized spacial score (nSPS) is 19.3. The first kappa shape index (κ1) is 36.4. The molecule has 2 saturated carbocycles. The largest absolute Gasteiger partial charge is 0.328 e. The number of fused-ring (bicyclic) bond motifs is 4. The summed E-state index contributed by atoms with van der Waals surface area (Å²) in [7, 11) is 0. The SMILES string of the molecule is NC1CCC(=C2c3ccccc3CCc3ccccc32)CC1.c1ccc(COOCNC2CCC(=C3c4ccccc4CCc4ccccc43)CC2)cc1. The van der Waals surface area contributed by atoms with E-state index in [1.807, 2.05) is 30.3 Å². The van der Waals surface area contributed by atoms with Crippen LogP contribution in [0, 0.1) is 0 Å². The monoisotopic (exact) mass is 714 g/mol. The molecule has 5 aromatic carbocycles. The molecule has 0 aliphatic heterocycles. The molecule has 9 rings (SSSR count). The van der Waals surface area contributed by atoms with Crippen molar-refractivity contribution in [2.45, 2.75) is 95.7 Å². The molecule has 0 atom stereocenters. The molecule has 0 saturated heterocycles. The van der Waals surface area contributed by atoms with Gasteiger partial charge in [-0.2, -0.15) is 0 Å². The van der Waals surface area contributed by atoms with Gasteiger partial charge in [-0.15, -0.1) is 0 Å². The molecule has 4 nitrogen and oxygen atoms in total. The van der Waals surface area contributed by atoms with Crippen molar-refractivity contribution >= 4 is 11.1 Å². The molecule has 4 aliphatic rings. The Morgan fingerprint density at radius 2 is 0.833 bits per heavy atom. The van der Waals surface area contributed by atoms with Crippen LogP contribution in [0.2, 0.25) is 0 Å². The Balaban J connectivity index is 0.000000164. The molecule has 0 heterocycles. The first-order valence-electron chi connectivity index (χ1n) is 20.3. The van der Waals surface area contributed by atoms with Crippen LogP contribution in [-0.4, -0.2) is 18.8 Å². The van der Waals surface area contributed by atoms with Crippen LogP contribution in [0.3, 0.4) is 0 Å². The molecule has 4 aliphatic carbocycles. The van der Waals surface area contributed by atoms with E-state index in [2.05, 4.69) is 102 Å². The lowest BCUT2D eigenvalue weighted by Gasteiger charge is -2.27. The van der Waals surface area contributed by atoms with Crippen molar-refractivity contribution in [3.8, 4) is 0 Å². The minimum absolute atomic E-state index is 0.389. The van der Waals surface area contributed by atoms with Crippen LogP contribution in [0.4, 0.5) is 0 Å². The van der Waals surface area contributed by atoms with Crippen molar-refractivity contribution in [1.82, 2.24) is 5.32 Å². The molecular weight excluding hydrogens is 661 g/mol. The van der Waals surface area contributed by atoms with E-state index in [1.54, 1.807) is 11.1 Å². The molecule has 4 heteroatoms. The summed E-state index contributed by atoms with van der Waals surface area (Å²) in [6.07, 6.45) is 13.6. The number of aryl methyl sites for hydroxylation is 4. The van der Waals surface area contributed by atoms with Gasteiger partial charge in [0.1, 0.15) is 13.3 Å². The smallest absolute Gasteiger partial charge is 0.133 e.